The van der Waals surface area contributed by atoms with Gasteiger partial charge in [-0.05, 0) is 55.5 Å². The molecule has 1 heterocycles. The zero-order valence-electron chi connectivity index (χ0n) is 13.8. The largest absolute Gasteiger partial charge is 0.308 e. The number of nitrogens with one attached hydrogen (secondary N) is 1. The molecule has 0 spiro atoms. The van der Waals surface area contributed by atoms with Crippen LogP contribution in [0.5, 0.6) is 0 Å². The lowest BCUT2D eigenvalue weighted by Gasteiger charge is -2.19. The van der Waals surface area contributed by atoms with Gasteiger partial charge in [-0.15, -0.1) is 0 Å². The van der Waals surface area contributed by atoms with Gasteiger partial charge in [0.25, 0.3) is 0 Å². The van der Waals surface area contributed by atoms with E-state index in [1.165, 1.54) is 22.3 Å². The molecule has 0 aliphatic carbocycles. The molecule has 1 aromatic carbocycles. The Bertz CT molecular complexity index is 602. The SMILES string of the molecule is CNC(c1cccc(CC(C)C)c1)c1ncc(C)cc1C. The van der Waals surface area contributed by atoms with Gasteiger partial charge in [0.2, 0.25) is 0 Å². The van der Waals surface area contributed by atoms with Gasteiger partial charge >= 0.3 is 0 Å². The Morgan fingerprint density at radius 2 is 1.90 bits per heavy atom. The molecule has 0 saturated heterocycles. The van der Waals surface area contributed by atoms with E-state index in [2.05, 4.69) is 68.3 Å². The van der Waals surface area contributed by atoms with Crippen molar-refractivity contribution in [2.24, 2.45) is 5.92 Å². The fourth-order valence-electron chi connectivity index (χ4n) is 2.86. The first-order valence-corrected chi connectivity index (χ1v) is 7.70. The van der Waals surface area contributed by atoms with E-state index in [4.69, 9.17) is 0 Å². The van der Waals surface area contributed by atoms with Gasteiger partial charge in [-0.3, -0.25) is 4.98 Å². The summed E-state index contributed by atoms with van der Waals surface area (Å²) >= 11 is 0. The van der Waals surface area contributed by atoms with Crippen molar-refractivity contribution in [2.45, 2.75) is 40.2 Å². The predicted octanol–water partition coefficient (Wildman–Crippen LogP) is 4.21. The van der Waals surface area contributed by atoms with Crippen LogP contribution in [0, 0.1) is 19.8 Å². The van der Waals surface area contributed by atoms with Crippen LogP contribution in [0.15, 0.2) is 36.5 Å². The molecule has 0 aliphatic rings. The fraction of sp³-hybridized carbons (Fsp3) is 0.421. The lowest BCUT2D eigenvalue weighted by Crippen LogP contribution is -2.20. The fourth-order valence-corrected chi connectivity index (χ4v) is 2.86. The molecule has 0 fully saturated rings. The van der Waals surface area contributed by atoms with Crippen LogP contribution < -0.4 is 5.32 Å². The van der Waals surface area contributed by atoms with Crippen LogP contribution in [0.4, 0.5) is 0 Å². The first-order valence-electron chi connectivity index (χ1n) is 7.70. The molecule has 1 atom stereocenters. The van der Waals surface area contributed by atoms with E-state index < -0.39 is 0 Å². The summed E-state index contributed by atoms with van der Waals surface area (Å²) in [7, 11) is 2.00. The molecule has 2 rings (SSSR count). The first kappa shape index (κ1) is 15.7. The second kappa shape index (κ2) is 6.86. The smallest absolute Gasteiger partial charge is 0.0751 e. The summed E-state index contributed by atoms with van der Waals surface area (Å²) in [5.41, 5.74) is 6.25. The molecule has 2 heteroatoms. The van der Waals surface area contributed by atoms with Crippen molar-refractivity contribution >= 4 is 0 Å². The number of benzene rings is 1. The zero-order valence-corrected chi connectivity index (χ0v) is 13.8. The molecule has 1 unspecified atom stereocenters. The molecule has 1 aromatic heterocycles. The number of hydrogen-bond donors (Lipinski definition) is 1. The highest BCUT2D eigenvalue weighted by atomic mass is 14.9. The van der Waals surface area contributed by atoms with E-state index in [-0.39, 0.29) is 6.04 Å². The van der Waals surface area contributed by atoms with Gasteiger partial charge in [-0.25, -0.2) is 0 Å². The average Bonchev–Trinajstić information content (AvgIpc) is 2.41. The lowest BCUT2D eigenvalue weighted by molar-refractivity contribution is 0.639. The minimum Gasteiger partial charge on any atom is -0.308 e. The van der Waals surface area contributed by atoms with Crippen molar-refractivity contribution in [2.75, 3.05) is 7.05 Å². The molecular weight excluding hydrogens is 256 g/mol. The van der Waals surface area contributed by atoms with Gasteiger partial charge in [-0.1, -0.05) is 44.2 Å². The highest BCUT2D eigenvalue weighted by molar-refractivity contribution is 5.35. The maximum Gasteiger partial charge on any atom is 0.0751 e. The summed E-state index contributed by atoms with van der Waals surface area (Å²) in [4.78, 5) is 4.65. The Balaban J connectivity index is 2.37. The summed E-state index contributed by atoms with van der Waals surface area (Å²) in [6.45, 7) is 8.74. The normalized spacial score (nSPS) is 12.7. The predicted molar refractivity (Wildman–Crippen MR) is 89.6 cm³/mol. The van der Waals surface area contributed by atoms with Crippen molar-refractivity contribution in [1.29, 1.82) is 0 Å². The van der Waals surface area contributed by atoms with Crippen LogP contribution in [0.3, 0.4) is 0 Å². The standard InChI is InChI=1S/C19H26N2/c1-13(2)9-16-7-6-8-17(11-16)19(20-5)18-15(4)10-14(3)12-21-18/h6-8,10-13,19-20H,9H2,1-5H3. The monoisotopic (exact) mass is 282 g/mol. The van der Waals surface area contributed by atoms with E-state index in [1.807, 2.05) is 13.2 Å². The van der Waals surface area contributed by atoms with E-state index in [0.717, 1.165) is 12.1 Å². The highest BCUT2D eigenvalue weighted by Crippen LogP contribution is 2.24. The molecule has 112 valence electrons. The third kappa shape index (κ3) is 3.92. The quantitative estimate of drug-likeness (QED) is 0.888. The van der Waals surface area contributed by atoms with Crippen molar-refractivity contribution in [3.05, 3.63) is 64.5 Å². The van der Waals surface area contributed by atoms with Gasteiger partial charge in [0, 0.05) is 6.20 Å². The number of aryl methyl sites for hydroxylation is 2. The molecule has 2 aromatic rings. The summed E-state index contributed by atoms with van der Waals surface area (Å²) in [6, 6.07) is 11.2. The molecule has 0 bridgehead atoms. The van der Waals surface area contributed by atoms with Crippen LogP contribution in [0.2, 0.25) is 0 Å². The molecule has 1 N–H and O–H groups in total. The Labute approximate surface area is 128 Å². The second-order valence-electron chi connectivity index (χ2n) is 6.28. The van der Waals surface area contributed by atoms with E-state index >= 15 is 0 Å². The molecule has 0 radical (unpaired) electrons. The molecule has 0 amide bonds. The number of rotatable bonds is 5. The van der Waals surface area contributed by atoms with Gasteiger partial charge in [0.05, 0.1) is 11.7 Å². The Kier molecular flexibility index (Phi) is 5.13. The molecule has 2 nitrogen and oxygen atoms in total. The molecule has 0 aliphatic heterocycles. The number of pyridine rings is 1. The van der Waals surface area contributed by atoms with Crippen LogP contribution in [-0.4, -0.2) is 12.0 Å². The zero-order chi connectivity index (χ0) is 15.4. The minimum absolute atomic E-state index is 0.151. The molecular formula is C19H26N2. The van der Waals surface area contributed by atoms with Crippen LogP contribution in [0.25, 0.3) is 0 Å². The van der Waals surface area contributed by atoms with Crippen molar-refractivity contribution < 1.29 is 0 Å². The number of hydrogen-bond acceptors (Lipinski definition) is 2. The Morgan fingerprint density at radius 3 is 2.52 bits per heavy atom. The summed E-state index contributed by atoms with van der Waals surface area (Å²) in [6.07, 6.45) is 3.06. The van der Waals surface area contributed by atoms with E-state index in [1.54, 1.807) is 0 Å². The van der Waals surface area contributed by atoms with Gasteiger partial charge in [0.15, 0.2) is 0 Å². The first-order chi connectivity index (χ1) is 10.0. The van der Waals surface area contributed by atoms with Gasteiger partial charge in [0.1, 0.15) is 0 Å². The maximum atomic E-state index is 4.65. The van der Waals surface area contributed by atoms with Crippen LogP contribution >= 0.6 is 0 Å². The summed E-state index contributed by atoms with van der Waals surface area (Å²) in [5, 5.41) is 3.41. The van der Waals surface area contributed by atoms with E-state index in [9.17, 15) is 0 Å². The van der Waals surface area contributed by atoms with Crippen molar-refractivity contribution in [3.8, 4) is 0 Å². The third-order valence-electron chi connectivity index (χ3n) is 3.75. The second-order valence-corrected chi connectivity index (χ2v) is 6.28. The van der Waals surface area contributed by atoms with Crippen LogP contribution in [0.1, 0.15) is 47.8 Å². The number of nitrogens with zero attached hydrogens (tertiary/aromatic N) is 1. The Hall–Kier alpha value is -1.67. The summed E-state index contributed by atoms with van der Waals surface area (Å²) in [5.74, 6) is 0.674. The molecule has 21 heavy (non-hydrogen) atoms. The Morgan fingerprint density at radius 1 is 1.14 bits per heavy atom. The van der Waals surface area contributed by atoms with Crippen molar-refractivity contribution in [1.82, 2.24) is 10.3 Å². The van der Waals surface area contributed by atoms with Crippen LogP contribution in [-0.2, 0) is 6.42 Å². The highest BCUT2D eigenvalue weighted by Gasteiger charge is 2.16. The van der Waals surface area contributed by atoms with Gasteiger partial charge in [-0.2, -0.15) is 0 Å². The van der Waals surface area contributed by atoms with Gasteiger partial charge < -0.3 is 5.32 Å². The topological polar surface area (TPSA) is 24.9 Å². The minimum atomic E-state index is 0.151. The lowest BCUT2D eigenvalue weighted by atomic mass is 9.95. The summed E-state index contributed by atoms with van der Waals surface area (Å²) < 4.78 is 0. The molecule has 0 saturated carbocycles. The maximum absolute atomic E-state index is 4.65. The van der Waals surface area contributed by atoms with E-state index in [0.29, 0.717) is 5.92 Å². The average molecular weight is 282 g/mol. The third-order valence-corrected chi connectivity index (χ3v) is 3.75. The van der Waals surface area contributed by atoms with Crippen molar-refractivity contribution in [3.63, 3.8) is 0 Å². The number of aromatic nitrogens is 1.